The number of benzene rings is 1. The molecule has 0 aliphatic rings. The number of aromatic nitrogens is 2. The number of nitrogens with one attached hydrogen (secondary N) is 2. The number of fused-ring (bicyclic) bond motifs is 1. The lowest BCUT2D eigenvalue weighted by Crippen LogP contribution is -2.11. The average molecular weight is 262 g/mol. The lowest BCUT2D eigenvalue weighted by molar-refractivity contribution is 0.102. The molecule has 2 aromatic heterocycles. The molecule has 20 heavy (non-hydrogen) atoms. The Kier molecular flexibility index (Phi) is 2.90. The second-order valence-corrected chi connectivity index (χ2v) is 4.25. The lowest BCUT2D eigenvalue weighted by atomic mass is 10.2. The predicted octanol–water partition coefficient (Wildman–Crippen LogP) is 2.69. The van der Waals surface area contributed by atoms with E-state index in [1.54, 1.807) is 42.7 Å². The first-order valence-electron chi connectivity index (χ1n) is 6.01. The van der Waals surface area contributed by atoms with Crippen molar-refractivity contribution in [2.24, 2.45) is 0 Å². The summed E-state index contributed by atoms with van der Waals surface area (Å²) in [6.07, 6.45) is 3.29. The molecule has 5 nitrogen and oxygen atoms in total. The highest BCUT2D eigenvalue weighted by Crippen LogP contribution is 2.18. The van der Waals surface area contributed by atoms with E-state index in [1.807, 2.05) is 12.1 Å². The van der Waals surface area contributed by atoms with Crippen LogP contribution in [0.1, 0.15) is 15.9 Å². The molecule has 96 valence electrons. The highest BCUT2D eigenvalue weighted by Gasteiger charge is 2.12. The largest absolute Gasteiger partial charge is 0.345 e. The van der Waals surface area contributed by atoms with Crippen LogP contribution in [0.25, 0.3) is 11.0 Å². The zero-order valence-corrected chi connectivity index (χ0v) is 10.4. The number of amides is 1. The van der Waals surface area contributed by atoms with Gasteiger partial charge in [0.2, 0.25) is 0 Å². The minimum Gasteiger partial charge on any atom is -0.345 e. The highest BCUT2D eigenvalue weighted by molar-refractivity contribution is 6.12. The first kappa shape index (κ1) is 11.9. The maximum Gasteiger partial charge on any atom is 0.257 e. The SMILES string of the molecule is N#Cc1cccc(NC(=O)c2c[nH]c3ncccc23)c1. The topological polar surface area (TPSA) is 81.6 Å². The van der Waals surface area contributed by atoms with Crippen LogP contribution in [0, 0.1) is 11.3 Å². The van der Waals surface area contributed by atoms with Crippen molar-refractivity contribution in [3.8, 4) is 6.07 Å². The molecule has 0 unspecified atom stereocenters. The first-order valence-corrected chi connectivity index (χ1v) is 6.01. The minimum atomic E-state index is -0.237. The van der Waals surface area contributed by atoms with Crippen molar-refractivity contribution in [1.82, 2.24) is 9.97 Å². The molecular weight excluding hydrogens is 252 g/mol. The van der Waals surface area contributed by atoms with Gasteiger partial charge in [0, 0.05) is 23.5 Å². The maximum absolute atomic E-state index is 12.2. The third-order valence-electron chi connectivity index (χ3n) is 2.95. The number of carbonyl (C=O) groups is 1. The van der Waals surface area contributed by atoms with Crippen LogP contribution in [0.5, 0.6) is 0 Å². The number of rotatable bonds is 2. The summed E-state index contributed by atoms with van der Waals surface area (Å²) >= 11 is 0. The number of hydrogen-bond donors (Lipinski definition) is 2. The van der Waals surface area contributed by atoms with E-state index in [0.29, 0.717) is 22.5 Å². The van der Waals surface area contributed by atoms with Gasteiger partial charge in [-0.05, 0) is 30.3 Å². The molecule has 1 aromatic carbocycles. The van der Waals surface area contributed by atoms with E-state index < -0.39 is 0 Å². The Labute approximate surface area is 114 Å². The number of nitriles is 1. The van der Waals surface area contributed by atoms with Crippen molar-refractivity contribution in [3.05, 3.63) is 59.9 Å². The van der Waals surface area contributed by atoms with Gasteiger partial charge in [-0.2, -0.15) is 5.26 Å². The van der Waals surface area contributed by atoms with E-state index >= 15 is 0 Å². The predicted molar refractivity (Wildman–Crippen MR) is 75.2 cm³/mol. The van der Waals surface area contributed by atoms with Gasteiger partial charge in [-0.15, -0.1) is 0 Å². The molecule has 5 heteroatoms. The molecule has 0 atom stereocenters. The Balaban J connectivity index is 1.91. The maximum atomic E-state index is 12.2. The summed E-state index contributed by atoms with van der Waals surface area (Å²) in [4.78, 5) is 19.3. The molecule has 2 N–H and O–H groups in total. The smallest absolute Gasteiger partial charge is 0.257 e. The van der Waals surface area contributed by atoms with Crippen LogP contribution in [0.2, 0.25) is 0 Å². The fourth-order valence-electron chi connectivity index (χ4n) is 2.01. The molecule has 0 radical (unpaired) electrons. The van der Waals surface area contributed by atoms with Crippen molar-refractivity contribution < 1.29 is 4.79 Å². The van der Waals surface area contributed by atoms with Crippen LogP contribution in [0.4, 0.5) is 5.69 Å². The normalized spacial score (nSPS) is 10.2. The van der Waals surface area contributed by atoms with Gasteiger partial charge in [-0.25, -0.2) is 4.98 Å². The van der Waals surface area contributed by atoms with Crippen molar-refractivity contribution in [3.63, 3.8) is 0 Å². The highest BCUT2D eigenvalue weighted by atomic mass is 16.1. The average Bonchev–Trinajstić information content (AvgIpc) is 2.91. The summed E-state index contributed by atoms with van der Waals surface area (Å²) in [5.74, 6) is -0.237. The molecular formula is C15H10N4O. The Morgan fingerprint density at radius 2 is 2.20 bits per heavy atom. The molecule has 0 saturated carbocycles. The molecule has 0 spiro atoms. The van der Waals surface area contributed by atoms with Crippen molar-refractivity contribution in [1.29, 1.82) is 5.26 Å². The molecule has 1 amide bonds. The summed E-state index contributed by atoms with van der Waals surface area (Å²) in [7, 11) is 0. The molecule has 0 fully saturated rings. The lowest BCUT2D eigenvalue weighted by Gasteiger charge is -2.04. The van der Waals surface area contributed by atoms with Crippen molar-refractivity contribution >= 4 is 22.6 Å². The fourth-order valence-corrected chi connectivity index (χ4v) is 2.01. The van der Waals surface area contributed by atoms with Crippen molar-refractivity contribution in [2.75, 3.05) is 5.32 Å². The van der Waals surface area contributed by atoms with Crippen molar-refractivity contribution in [2.45, 2.75) is 0 Å². The van der Waals surface area contributed by atoms with Gasteiger partial charge in [-0.3, -0.25) is 4.79 Å². The summed E-state index contributed by atoms with van der Waals surface area (Å²) in [5.41, 5.74) is 2.29. The number of carbonyl (C=O) groups excluding carboxylic acids is 1. The van der Waals surface area contributed by atoms with E-state index in [2.05, 4.69) is 15.3 Å². The Hall–Kier alpha value is -3.13. The Morgan fingerprint density at radius 1 is 1.30 bits per heavy atom. The summed E-state index contributed by atoms with van der Waals surface area (Å²) in [6, 6.07) is 12.4. The number of nitrogens with zero attached hydrogens (tertiary/aromatic N) is 2. The van der Waals surface area contributed by atoms with E-state index in [1.165, 1.54) is 0 Å². The van der Waals surface area contributed by atoms with Crippen LogP contribution in [-0.4, -0.2) is 15.9 Å². The first-order chi connectivity index (χ1) is 9.78. The quantitative estimate of drug-likeness (QED) is 0.745. The summed E-state index contributed by atoms with van der Waals surface area (Å²) in [6.45, 7) is 0. The van der Waals surface area contributed by atoms with Gasteiger partial charge in [0.1, 0.15) is 5.65 Å². The van der Waals surface area contributed by atoms with E-state index in [9.17, 15) is 4.79 Å². The van der Waals surface area contributed by atoms with Crippen LogP contribution >= 0.6 is 0 Å². The third-order valence-corrected chi connectivity index (χ3v) is 2.95. The zero-order valence-electron chi connectivity index (χ0n) is 10.4. The molecule has 3 aromatic rings. The van der Waals surface area contributed by atoms with E-state index in [4.69, 9.17) is 5.26 Å². The third kappa shape index (κ3) is 2.10. The molecule has 2 heterocycles. The van der Waals surface area contributed by atoms with Gasteiger partial charge in [-0.1, -0.05) is 6.07 Å². The molecule has 0 bridgehead atoms. The standard InChI is InChI=1S/C15H10N4O/c16-8-10-3-1-4-11(7-10)19-15(20)13-9-18-14-12(13)5-2-6-17-14/h1-7,9H,(H,17,18)(H,19,20). The fraction of sp³-hybridized carbons (Fsp3) is 0. The Morgan fingerprint density at radius 3 is 3.05 bits per heavy atom. The van der Waals surface area contributed by atoms with E-state index in [0.717, 1.165) is 5.39 Å². The summed E-state index contributed by atoms with van der Waals surface area (Å²) < 4.78 is 0. The second-order valence-electron chi connectivity index (χ2n) is 4.25. The number of anilines is 1. The number of pyridine rings is 1. The monoisotopic (exact) mass is 262 g/mol. The summed E-state index contributed by atoms with van der Waals surface area (Å²) in [5, 5.41) is 12.4. The number of aromatic amines is 1. The number of hydrogen-bond acceptors (Lipinski definition) is 3. The van der Waals surface area contributed by atoms with Crippen LogP contribution < -0.4 is 5.32 Å². The van der Waals surface area contributed by atoms with E-state index in [-0.39, 0.29) is 5.91 Å². The van der Waals surface area contributed by atoms with Gasteiger partial charge in [0.25, 0.3) is 5.91 Å². The van der Waals surface area contributed by atoms with Gasteiger partial charge >= 0.3 is 0 Å². The van der Waals surface area contributed by atoms with Crippen LogP contribution in [0.3, 0.4) is 0 Å². The van der Waals surface area contributed by atoms with Gasteiger partial charge < -0.3 is 10.3 Å². The second kappa shape index (κ2) is 4.86. The van der Waals surface area contributed by atoms with Gasteiger partial charge in [0.05, 0.1) is 17.2 Å². The molecule has 0 aliphatic heterocycles. The number of H-pyrrole nitrogens is 1. The molecule has 3 rings (SSSR count). The van der Waals surface area contributed by atoms with Crippen LogP contribution in [0.15, 0.2) is 48.8 Å². The Bertz CT molecular complexity index is 829. The molecule has 0 aliphatic carbocycles. The zero-order chi connectivity index (χ0) is 13.9. The van der Waals surface area contributed by atoms with Gasteiger partial charge in [0.15, 0.2) is 0 Å². The minimum absolute atomic E-state index is 0.237. The molecule has 0 saturated heterocycles. The van der Waals surface area contributed by atoms with Crippen LogP contribution in [-0.2, 0) is 0 Å².